The van der Waals surface area contributed by atoms with E-state index in [1.165, 1.54) is 6.08 Å². The van der Waals surface area contributed by atoms with Crippen molar-refractivity contribution < 1.29 is 22.8 Å². The number of rotatable bonds is 17. The predicted octanol–water partition coefficient (Wildman–Crippen LogP) is 4.49. The molecule has 142 valence electrons. The molecule has 0 aromatic carbocycles. The van der Waals surface area contributed by atoms with Crippen LogP contribution in [0.5, 0.6) is 0 Å². The molecule has 24 heavy (non-hydrogen) atoms. The highest BCUT2D eigenvalue weighted by molar-refractivity contribution is 6.60. The summed E-state index contributed by atoms with van der Waals surface area (Å²) in [5, 5.41) is 0. The van der Waals surface area contributed by atoms with Crippen LogP contribution < -0.4 is 0 Å². The highest BCUT2D eigenvalue weighted by atomic mass is 28.4. The van der Waals surface area contributed by atoms with E-state index in [9.17, 15) is 4.79 Å². The first kappa shape index (κ1) is 23.3. The van der Waals surface area contributed by atoms with Crippen LogP contribution in [0.3, 0.4) is 0 Å². The number of unbranched alkanes of at least 4 members (excludes halogenated alkanes) is 3. The number of carbonyl (C=O) groups is 1. The minimum Gasteiger partial charge on any atom is -0.463 e. The Balaban J connectivity index is 4.20. The average Bonchev–Trinajstić information content (AvgIpc) is 2.61. The summed E-state index contributed by atoms with van der Waals surface area (Å²) in [6, 6.07) is 0.861. The minimum absolute atomic E-state index is 0.352. The molecule has 0 amide bonds. The van der Waals surface area contributed by atoms with E-state index >= 15 is 0 Å². The van der Waals surface area contributed by atoms with Gasteiger partial charge in [0, 0.05) is 31.9 Å². The molecular weight excluding hydrogens is 324 g/mol. The first-order valence-corrected chi connectivity index (χ1v) is 11.3. The van der Waals surface area contributed by atoms with Crippen molar-refractivity contribution in [1.82, 2.24) is 0 Å². The van der Waals surface area contributed by atoms with Gasteiger partial charge in [-0.2, -0.15) is 0 Å². The molecule has 0 aliphatic heterocycles. The molecule has 0 radical (unpaired) electrons. The Bertz CT molecular complexity index is 301. The molecule has 0 rings (SSSR count). The molecule has 0 fully saturated rings. The highest BCUT2D eigenvalue weighted by Gasteiger charge is 2.40. The molecule has 0 heterocycles. The van der Waals surface area contributed by atoms with E-state index in [2.05, 4.69) is 27.4 Å². The zero-order valence-electron chi connectivity index (χ0n) is 15.8. The SMILES string of the molecule is C=CC(=O)OCCCCCC[Si](OCCC)(OCCC)OCCC. The summed E-state index contributed by atoms with van der Waals surface area (Å²) in [7, 11) is -2.55. The molecule has 0 aliphatic rings. The van der Waals surface area contributed by atoms with E-state index in [1.54, 1.807) is 0 Å². The molecule has 0 spiro atoms. The lowest BCUT2D eigenvalue weighted by atomic mass is 10.2. The first-order valence-electron chi connectivity index (χ1n) is 9.35. The van der Waals surface area contributed by atoms with Gasteiger partial charge in [-0.25, -0.2) is 4.79 Å². The maximum absolute atomic E-state index is 10.9. The molecule has 0 aromatic rings. The van der Waals surface area contributed by atoms with Crippen molar-refractivity contribution in [2.75, 3.05) is 26.4 Å². The molecule has 5 nitrogen and oxygen atoms in total. The summed E-state index contributed by atoms with van der Waals surface area (Å²) in [6.45, 7) is 12.2. The monoisotopic (exact) mass is 360 g/mol. The third kappa shape index (κ3) is 11.8. The maximum Gasteiger partial charge on any atom is 0.500 e. The largest absolute Gasteiger partial charge is 0.500 e. The van der Waals surface area contributed by atoms with Gasteiger partial charge in [-0.05, 0) is 32.1 Å². The Morgan fingerprint density at radius 1 is 0.833 bits per heavy atom. The Kier molecular flexibility index (Phi) is 15.4. The van der Waals surface area contributed by atoms with Gasteiger partial charge < -0.3 is 18.0 Å². The number of esters is 1. The predicted molar refractivity (Wildman–Crippen MR) is 98.9 cm³/mol. The molecule has 0 atom stereocenters. The summed E-state index contributed by atoms with van der Waals surface area (Å²) in [4.78, 5) is 10.9. The van der Waals surface area contributed by atoms with E-state index in [0.29, 0.717) is 26.4 Å². The van der Waals surface area contributed by atoms with Crippen LogP contribution in [0.4, 0.5) is 0 Å². The van der Waals surface area contributed by atoms with Crippen LogP contribution >= 0.6 is 0 Å². The van der Waals surface area contributed by atoms with Crippen LogP contribution in [0.1, 0.15) is 65.7 Å². The molecule has 0 saturated heterocycles. The van der Waals surface area contributed by atoms with E-state index in [-0.39, 0.29) is 5.97 Å². The fourth-order valence-corrected chi connectivity index (χ4v) is 5.05. The zero-order chi connectivity index (χ0) is 18.1. The Morgan fingerprint density at radius 2 is 1.33 bits per heavy atom. The van der Waals surface area contributed by atoms with E-state index < -0.39 is 8.80 Å². The van der Waals surface area contributed by atoms with Gasteiger partial charge in [0.1, 0.15) is 0 Å². The smallest absolute Gasteiger partial charge is 0.463 e. The van der Waals surface area contributed by atoms with Gasteiger partial charge >= 0.3 is 14.8 Å². The summed E-state index contributed by atoms with van der Waals surface area (Å²) in [6.07, 6.45) is 8.05. The van der Waals surface area contributed by atoms with Gasteiger partial charge in [0.2, 0.25) is 0 Å². The van der Waals surface area contributed by atoms with Crippen molar-refractivity contribution in [3.05, 3.63) is 12.7 Å². The van der Waals surface area contributed by atoms with Crippen LogP contribution in [-0.2, 0) is 22.8 Å². The number of ether oxygens (including phenoxy) is 1. The van der Waals surface area contributed by atoms with Gasteiger partial charge in [0.15, 0.2) is 0 Å². The van der Waals surface area contributed by atoms with E-state index in [4.69, 9.17) is 18.0 Å². The fraction of sp³-hybridized carbons (Fsp3) is 0.833. The van der Waals surface area contributed by atoms with Crippen molar-refractivity contribution >= 4 is 14.8 Å². The summed E-state index contributed by atoms with van der Waals surface area (Å²) in [5.41, 5.74) is 0. The molecule has 0 aliphatic carbocycles. The third-order valence-corrected chi connectivity index (χ3v) is 6.26. The lowest BCUT2D eigenvalue weighted by Gasteiger charge is -2.29. The number of hydrogen-bond donors (Lipinski definition) is 0. The number of carbonyl (C=O) groups excluding carboxylic acids is 1. The summed E-state index contributed by atoms with van der Waals surface area (Å²) in [5.74, 6) is -0.352. The van der Waals surface area contributed by atoms with Crippen LogP contribution in [0.25, 0.3) is 0 Å². The van der Waals surface area contributed by atoms with Crippen molar-refractivity contribution in [2.24, 2.45) is 0 Å². The topological polar surface area (TPSA) is 54.0 Å². The Morgan fingerprint density at radius 3 is 1.79 bits per heavy atom. The van der Waals surface area contributed by atoms with Gasteiger partial charge in [-0.3, -0.25) is 0 Å². The molecule has 0 aromatic heterocycles. The standard InChI is InChI=1S/C18H36O5Si/c1-5-13-21-24(22-14-6-2,23-15-7-3)17-12-10-9-11-16-20-18(19)8-4/h8H,4-7,9-17H2,1-3H3. The number of hydrogen-bond acceptors (Lipinski definition) is 5. The maximum atomic E-state index is 10.9. The van der Waals surface area contributed by atoms with Gasteiger partial charge in [-0.15, -0.1) is 0 Å². The normalized spacial score (nSPS) is 11.5. The van der Waals surface area contributed by atoms with Crippen LogP contribution in [-0.4, -0.2) is 41.2 Å². The van der Waals surface area contributed by atoms with Crippen LogP contribution in [0, 0.1) is 0 Å². The van der Waals surface area contributed by atoms with Gasteiger partial charge in [0.25, 0.3) is 0 Å². The second-order valence-electron chi connectivity index (χ2n) is 5.76. The summed E-state index contributed by atoms with van der Waals surface area (Å²) < 4.78 is 23.2. The van der Waals surface area contributed by atoms with E-state index in [0.717, 1.165) is 51.0 Å². The molecule has 0 saturated carbocycles. The zero-order valence-corrected chi connectivity index (χ0v) is 16.8. The summed E-state index contributed by atoms with van der Waals surface area (Å²) >= 11 is 0. The van der Waals surface area contributed by atoms with Crippen molar-refractivity contribution in [1.29, 1.82) is 0 Å². The van der Waals surface area contributed by atoms with Gasteiger partial charge in [0.05, 0.1) is 6.61 Å². The third-order valence-electron chi connectivity index (χ3n) is 3.37. The lowest BCUT2D eigenvalue weighted by Crippen LogP contribution is -2.46. The molecule has 6 heteroatoms. The molecule has 0 unspecified atom stereocenters. The average molecular weight is 361 g/mol. The van der Waals surface area contributed by atoms with Crippen molar-refractivity contribution in [2.45, 2.75) is 71.8 Å². The minimum atomic E-state index is -2.55. The van der Waals surface area contributed by atoms with Crippen molar-refractivity contribution in [3.63, 3.8) is 0 Å². The molecule has 0 N–H and O–H groups in total. The Hall–Kier alpha value is -0.693. The van der Waals surface area contributed by atoms with Crippen LogP contribution in [0.2, 0.25) is 6.04 Å². The second-order valence-corrected chi connectivity index (χ2v) is 8.50. The Labute approximate surface area is 149 Å². The quantitative estimate of drug-likeness (QED) is 0.165. The fourth-order valence-electron chi connectivity index (χ4n) is 2.14. The highest BCUT2D eigenvalue weighted by Crippen LogP contribution is 2.21. The van der Waals surface area contributed by atoms with Gasteiger partial charge in [-0.1, -0.05) is 40.2 Å². The van der Waals surface area contributed by atoms with Crippen molar-refractivity contribution in [3.8, 4) is 0 Å². The first-order chi connectivity index (χ1) is 11.6. The van der Waals surface area contributed by atoms with Crippen LogP contribution in [0.15, 0.2) is 12.7 Å². The lowest BCUT2D eigenvalue weighted by molar-refractivity contribution is -0.137. The molecular formula is C18H36O5Si. The second kappa shape index (κ2) is 15.8. The van der Waals surface area contributed by atoms with E-state index in [1.807, 2.05) is 0 Å². The molecule has 0 bridgehead atoms.